The predicted octanol–water partition coefficient (Wildman–Crippen LogP) is 2.55. The molecule has 4 N–H and O–H groups in total. The van der Waals surface area contributed by atoms with Crippen molar-refractivity contribution >= 4 is 34.8 Å². The number of allylic oxidation sites excluding steroid dienone is 2. The van der Waals surface area contributed by atoms with E-state index in [0.29, 0.717) is 23.9 Å². The quantitative estimate of drug-likeness (QED) is 0.546. The van der Waals surface area contributed by atoms with Crippen molar-refractivity contribution in [3.05, 3.63) is 52.8 Å². The maximum Gasteiger partial charge on any atom is 0.249 e. The highest BCUT2D eigenvalue weighted by Gasteiger charge is 2.29. The average molecular weight is 423 g/mol. The number of hydrogen-bond donors (Lipinski definition) is 4. The van der Waals surface area contributed by atoms with Crippen LogP contribution in [0.4, 0.5) is 21.7 Å². The molecule has 1 amide bonds. The number of hydrogen-bond acceptors (Lipinski definition) is 6. The molecule has 8 nitrogen and oxygen atoms in total. The van der Waals surface area contributed by atoms with Crippen molar-refractivity contribution in [2.24, 2.45) is 0 Å². The number of aliphatic hydroxyl groups excluding tert-OH is 1. The molecule has 0 fully saturated rings. The zero-order valence-electron chi connectivity index (χ0n) is 17.8. The van der Waals surface area contributed by atoms with Gasteiger partial charge in [-0.15, -0.1) is 0 Å². The van der Waals surface area contributed by atoms with Crippen LogP contribution in [-0.2, 0) is 17.9 Å². The molecule has 0 spiro atoms. The number of alkyl halides is 1. The van der Waals surface area contributed by atoms with Crippen molar-refractivity contribution in [3.8, 4) is 0 Å². The van der Waals surface area contributed by atoms with Crippen LogP contribution in [-0.4, -0.2) is 45.0 Å². The van der Waals surface area contributed by atoms with Crippen LogP contribution in [0, 0.1) is 0 Å². The van der Waals surface area contributed by atoms with Gasteiger partial charge in [0.25, 0.3) is 0 Å². The number of carbonyl (C=O) groups is 1. The van der Waals surface area contributed by atoms with E-state index in [9.17, 15) is 9.90 Å². The summed E-state index contributed by atoms with van der Waals surface area (Å²) in [6, 6.07) is 0.604. The Hall–Kier alpha value is -2.91. The Balaban J connectivity index is 1.96. The molecular weight excluding hydrogens is 399 g/mol. The number of amides is 1. The summed E-state index contributed by atoms with van der Waals surface area (Å²) < 4.78 is 33.3. The summed E-state index contributed by atoms with van der Waals surface area (Å²) in [5.74, 6) is 0.147. The van der Waals surface area contributed by atoms with Crippen molar-refractivity contribution in [1.29, 1.82) is 0 Å². The number of rotatable bonds is 7. The zero-order valence-corrected chi connectivity index (χ0v) is 16.6. The number of pyridine rings is 1. The average Bonchev–Trinajstić information content (AvgIpc) is 3.14. The van der Waals surface area contributed by atoms with Gasteiger partial charge in [0.15, 0.2) is 0 Å². The Morgan fingerprint density at radius 1 is 1.48 bits per heavy atom. The first-order valence-electron chi connectivity index (χ1n) is 9.84. The second kappa shape index (κ2) is 9.06. The second-order valence-corrected chi connectivity index (χ2v) is 6.44. The lowest BCUT2D eigenvalue weighted by Crippen LogP contribution is -2.39. The van der Waals surface area contributed by atoms with Crippen LogP contribution in [0.2, 0.25) is 5.02 Å². The molecule has 1 aliphatic rings. The second-order valence-electron chi connectivity index (χ2n) is 6.04. The SMILES string of the molecule is [2H]C1(F)C=CC=C(C(=O)NC)C1([2H])Nc1cc(Nc2cc(CO)nn2CC)ncc1Cl. The molecule has 29 heavy (non-hydrogen) atoms. The van der Waals surface area contributed by atoms with Crippen LogP contribution < -0.4 is 16.0 Å². The molecule has 3 rings (SSSR count). The molecule has 0 radical (unpaired) electrons. The molecule has 0 bridgehead atoms. The van der Waals surface area contributed by atoms with Gasteiger partial charge in [-0.2, -0.15) is 5.10 Å². The molecule has 2 heterocycles. The van der Waals surface area contributed by atoms with Crippen LogP contribution >= 0.6 is 11.6 Å². The maximum absolute atomic E-state index is 15.1. The van der Waals surface area contributed by atoms with E-state index < -0.39 is 18.1 Å². The Kier molecular flexibility index (Phi) is 5.67. The number of halogens is 2. The van der Waals surface area contributed by atoms with Crippen LogP contribution in [0.1, 0.15) is 15.4 Å². The van der Waals surface area contributed by atoms with Crippen LogP contribution in [0.25, 0.3) is 0 Å². The van der Waals surface area contributed by atoms with E-state index in [2.05, 4.69) is 26.0 Å². The van der Waals surface area contributed by atoms with Gasteiger partial charge in [0, 0.05) is 31.3 Å². The summed E-state index contributed by atoms with van der Waals surface area (Å²) >= 11 is 6.21. The minimum atomic E-state index is -2.96. The van der Waals surface area contributed by atoms with Crippen LogP contribution in [0.5, 0.6) is 0 Å². The van der Waals surface area contributed by atoms with Crippen LogP contribution in [0.3, 0.4) is 0 Å². The van der Waals surface area contributed by atoms with Gasteiger partial charge in [0.2, 0.25) is 5.91 Å². The summed E-state index contributed by atoms with van der Waals surface area (Å²) in [4.78, 5) is 16.4. The molecule has 0 saturated carbocycles. The summed E-state index contributed by atoms with van der Waals surface area (Å²) in [5, 5.41) is 21.6. The van der Waals surface area contributed by atoms with Crippen molar-refractivity contribution in [1.82, 2.24) is 20.1 Å². The first-order chi connectivity index (χ1) is 14.6. The van der Waals surface area contributed by atoms with Gasteiger partial charge >= 0.3 is 0 Å². The van der Waals surface area contributed by atoms with Gasteiger partial charge in [-0.3, -0.25) is 4.79 Å². The number of aryl methyl sites for hydroxylation is 1. The molecule has 0 aliphatic heterocycles. The Morgan fingerprint density at radius 2 is 2.28 bits per heavy atom. The number of aliphatic hydroxyl groups is 1. The molecule has 154 valence electrons. The van der Waals surface area contributed by atoms with E-state index in [1.54, 1.807) is 10.7 Å². The maximum atomic E-state index is 15.1. The summed E-state index contributed by atoms with van der Waals surface area (Å²) in [7, 11) is 1.35. The van der Waals surface area contributed by atoms with Crippen molar-refractivity contribution < 1.29 is 17.0 Å². The molecule has 2 atom stereocenters. The van der Waals surface area contributed by atoms with Gasteiger partial charge in [0.05, 0.1) is 38.0 Å². The molecule has 1 aliphatic carbocycles. The zero-order chi connectivity index (χ0) is 22.8. The third-order valence-corrected chi connectivity index (χ3v) is 4.45. The number of anilines is 3. The molecule has 0 aromatic carbocycles. The fourth-order valence-corrected chi connectivity index (χ4v) is 2.88. The van der Waals surface area contributed by atoms with Crippen LogP contribution in [0.15, 0.2) is 42.1 Å². The number of carbonyl (C=O) groups excluding carboxylic acids is 1. The third kappa shape index (κ3) is 4.57. The highest BCUT2D eigenvalue weighted by Crippen LogP contribution is 2.29. The molecule has 2 aromatic rings. The summed E-state index contributed by atoms with van der Waals surface area (Å²) in [5.41, 5.74) is 0.278. The van der Waals surface area contributed by atoms with Gasteiger partial charge in [-0.25, -0.2) is 14.1 Å². The summed E-state index contributed by atoms with van der Waals surface area (Å²) in [6.07, 6.45) is 1.71. The van der Waals surface area contributed by atoms with Crippen molar-refractivity contribution in [3.63, 3.8) is 0 Å². The number of nitrogens with zero attached hydrogens (tertiary/aromatic N) is 3. The van der Waals surface area contributed by atoms with Gasteiger partial charge in [-0.1, -0.05) is 23.8 Å². The van der Waals surface area contributed by atoms with E-state index in [1.807, 2.05) is 6.92 Å². The van der Waals surface area contributed by atoms with Gasteiger partial charge in [-0.05, 0) is 13.0 Å². The largest absolute Gasteiger partial charge is 0.390 e. The Morgan fingerprint density at radius 3 is 2.97 bits per heavy atom. The lowest BCUT2D eigenvalue weighted by Gasteiger charge is -2.26. The predicted molar refractivity (Wildman–Crippen MR) is 110 cm³/mol. The smallest absolute Gasteiger partial charge is 0.249 e. The molecule has 2 unspecified atom stereocenters. The number of aromatic nitrogens is 3. The highest BCUT2D eigenvalue weighted by molar-refractivity contribution is 6.33. The van der Waals surface area contributed by atoms with E-state index in [0.717, 1.165) is 6.08 Å². The summed E-state index contributed by atoms with van der Waals surface area (Å²) in [6.45, 7) is 2.19. The fourth-order valence-electron chi connectivity index (χ4n) is 2.73. The van der Waals surface area contributed by atoms with E-state index in [1.165, 1.54) is 31.5 Å². The molecule has 2 aromatic heterocycles. The normalized spacial score (nSPS) is 24.4. The van der Waals surface area contributed by atoms with E-state index in [4.69, 9.17) is 14.3 Å². The van der Waals surface area contributed by atoms with E-state index in [-0.39, 0.29) is 22.9 Å². The Bertz CT molecular complexity index is 1060. The number of likely N-dealkylation sites (N-methyl/N-ethyl adjacent to an activating group) is 1. The molecule has 10 heteroatoms. The van der Waals surface area contributed by atoms with Gasteiger partial charge < -0.3 is 21.1 Å². The monoisotopic (exact) mass is 422 g/mol. The standard InChI is InChI=1S/C19H22ClFN6O2/c1-3-27-17(7-11(10-28)26-27)25-16-8-15(13(20)9-23-16)24-18-12(19(29)22-2)5-4-6-14(18)21/h4-9,14,18,28H,3,10H2,1-2H3,(H,22,29)(H2,23,24,25)/i14D,18D. The molecule has 0 saturated heterocycles. The van der Waals surface area contributed by atoms with Crippen molar-refractivity contribution in [2.75, 3.05) is 17.7 Å². The lowest BCUT2D eigenvalue weighted by atomic mass is 9.96. The first-order valence-corrected chi connectivity index (χ1v) is 9.22. The minimum absolute atomic E-state index is 0.0684. The minimum Gasteiger partial charge on any atom is -0.390 e. The first kappa shape index (κ1) is 18.1. The van der Waals surface area contributed by atoms with Crippen molar-refractivity contribution in [2.45, 2.75) is 32.2 Å². The Labute approximate surface area is 175 Å². The fraction of sp³-hybridized carbons (Fsp3) is 0.316. The van der Waals surface area contributed by atoms with E-state index >= 15 is 4.39 Å². The highest BCUT2D eigenvalue weighted by atomic mass is 35.5. The molecular formula is C19H22ClFN6O2. The lowest BCUT2D eigenvalue weighted by molar-refractivity contribution is -0.117. The van der Waals surface area contributed by atoms with Gasteiger partial charge in [0.1, 0.15) is 17.8 Å². The number of nitrogens with one attached hydrogen (secondary N) is 3. The third-order valence-electron chi connectivity index (χ3n) is 4.15. The topological polar surface area (TPSA) is 104 Å².